The number of fused-ring (bicyclic) bond motifs is 2. The van der Waals surface area contributed by atoms with Gasteiger partial charge in [-0.3, -0.25) is 0 Å². The fraction of sp³-hybridized carbons (Fsp3) is 1.00. The minimum Gasteiger partial charge on any atom is -0.381 e. The summed E-state index contributed by atoms with van der Waals surface area (Å²) in [6.45, 7) is 9.82. The summed E-state index contributed by atoms with van der Waals surface area (Å²) in [5, 5.41) is 3.70. The maximum absolute atomic E-state index is 5.76. The molecule has 18 heavy (non-hydrogen) atoms. The Morgan fingerprint density at radius 1 is 1.28 bits per heavy atom. The van der Waals surface area contributed by atoms with Crippen LogP contribution in [0.4, 0.5) is 0 Å². The van der Waals surface area contributed by atoms with Gasteiger partial charge >= 0.3 is 0 Å². The first-order valence-corrected chi connectivity index (χ1v) is 7.97. The van der Waals surface area contributed by atoms with Crippen molar-refractivity contribution in [2.24, 2.45) is 17.3 Å². The Balaban J connectivity index is 1.86. The molecule has 2 fully saturated rings. The van der Waals surface area contributed by atoms with Gasteiger partial charge < -0.3 is 10.1 Å². The van der Waals surface area contributed by atoms with E-state index in [1.165, 1.54) is 38.6 Å². The van der Waals surface area contributed by atoms with E-state index in [-0.39, 0.29) is 0 Å². The second-order valence-corrected chi connectivity index (χ2v) is 6.84. The molecular weight excluding hydrogens is 222 g/mol. The Bertz CT molecular complexity index is 253. The molecule has 0 aliphatic heterocycles. The molecule has 2 aliphatic rings. The van der Waals surface area contributed by atoms with Crippen LogP contribution in [0.25, 0.3) is 0 Å². The van der Waals surface area contributed by atoms with E-state index in [0.717, 1.165) is 31.5 Å². The normalized spacial score (nSPS) is 34.7. The van der Waals surface area contributed by atoms with Crippen molar-refractivity contribution in [3.63, 3.8) is 0 Å². The molecule has 3 atom stereocenters. The number of hydrogen-bond donors (Lipinski definition) is 1. The van der Waals surface area contributed by atoms with Gasteiger partial charge in [-0.05, 0) is 49.4 Å². The third-order valence-electron chi connectivity index (χ3n) is 5.06. The van der Waals surface area contributed by atoms with Gasteiger partial charge in [0, 0.05) is 25.8 Å². The Labute approximate surface area is 113 Å². The van der Waals surface area contributed by atoms with Gasteiger partial charge in [0.15, 0.2) is 0 Å². The monoisotopic (exact) mass is 253 g/mol. The van der Waals surface area contributed by atoms with E-state index in [2.05, 4.69) is 26.1 Å². The third-order valence-corrected chi connectivity index (χ3v) is 5.06. The summed E-state index contributed by atoms with van der Waals surface area (Å²) < 4.78 is 5.76. The first-order chi connectivity index (χ1) is 8.66. The second-order valence-electron chi connectivity index (χ2n) is 6.84. The van der Waals surface area contributed by atoms with Gasteiger partial charge in [0.1, 0.15) is 0 Å². The fourth-order valence-corrected chi connectivity index (χ4v) is 4.10. The minimum absolute atomic E-state index is 0.556. The molecule has 1 N–H and O–H groups in total. The molecule has 0 spiro atoms. The van der Waals surface area contributed by atoms with E-state index in [0.29, 0.717) is 11.5 Å². The van der Waals surface area contributed by atoms with Gasteiger partial charge in [0.2, 0.25) is 0 Å². The van der Waals surface area contributed by atoms with Crippen molar-refractivity contribution < 1.29 is 4.74 Å². The molecule has 2 aliphatic carbocycles. The average molecular weight is 253 g/mol. The van der Waals surface area contributed by atoms with E-state index in [9.17, 15) is 0 Å². The zero-order valence-corrected chi connectivity index (χ0v) is 12.5. The van der Waals surface area contributed by atoms with Gasteiger partial charge in [-0.25, -0.2) is 0 Å². The lowest BCUT2D eigenvalue weighted by molar-refractivity contribution is 0.0618. The molecule has 2 saturated carbocycles. The van der Waals surface area contributed by atoms with Gasteiger partial charge in [-0.2, -0.15) is 0 Å². The molecule has 3 unspecified atom stereocenters. The maximum Gasteiger partial charge on any atom is 0.0471 e. The molecule has 0 saturated heterocycles. The zero-order chi connectivity index (χ0) is 13.0. The predicted octanol–water partition coefficient (Wildman–Crippen LogP) is 3.61. The molecule has 0 radical (unpaired) electrons. The van der Waals surface area contributed by atoms with Gasteiger partial charge in [-0.15, -0.1) is 0 Å². The van der Waals surface area contributed by atoms with Crippen LogP contribution in [-0.2, 0) is 4.74 Å². The van der Waals surface area contributed by atoms with E-state index in [4.69, 9.17) is 4.74 Å². The van der Waals surface area contributed by atoms with Crippen LogP contribution in [0.3, 0.4) is 0 Å². The summed E-state index contributed by atoms with van der Waals surface area (Å²) in [4.78, 5) is 0. The molecule has 0 aromatic carbocycles. The molecule has 2 heteroatoms. The van der Waals surface area contributed by atoms with Crippen molar-refractivity contribution in [2.45, 2.75) is 65.3 Å². The highest BCUT2D eigenvalue weighted by molar-refractivity contribution is 5.01. The van der Waals surface area contributed by atoms with Gasteiger partial charge in [0.05, 0.1) is 0 Å². The first kappa shape index (κ1) is 14.3. The Morgan fingerprint density at radius 3 is 2.67 bits per heavy atom. The van der Waals surface area contributed by atoms with E-state index in [1.807, 2.05) is 0 Å². The largest absolute Gasteiger partial charge is 0.381 e. The summed E-state index contributed by atoms with van der Waals surface area (Å²) in [6, 6.07) is 0.609. The number of hydrogen-bond acceptors (Lipinski definition) is 2. The van der Waals surface area contributed by atoms with Crippen LogP contribution in [0.2, 0.25) is 0 Å². The molecular formula is C16H31NO. The summed E-state index contributed by atoms with van der Waals surface area (Å²) in [6.07, 6.45) is 8.32. The van der Waals surface area contributed by atoms with E-state index >= 15 is 0 Å². The molecule has 2 nitrogen and oxygen atoms in total. The predicted molar refractivity (Wildman–Crippen MR) is 76.7 cm³/mol. The van der Waals surface area contributed by atoms with Crippen molar-refractivity contribution in [1.29, 1.82) is 0 Å². The lowest BCUT2D eigenvalue weighted by atomic mass is 9.71. The maximum atomic E-state index is 5.76. The Kier molecular flexibility index (Phi) is 5.08. The van der Waals surface area contributed by atoms with Crippen molar-refractivity contribution in [3.8, 4) is 0 Å². The van der Waals surface area contributed by atoms with Crippen molar-refractivity contribution >= 4 is 0 Å². The van der Waals surface area contributed by atoms with E-state index < -0.39 is 0 Å². The second kappa shape index (κ2) is 6.38. The summed E-state index contributed by atoms with van der Waals surface area (Å²) in [7, 11) is 0. The van der Waals surface area contributed by atoms with Crippen LogP contribution in [0, 0.1) is 17.3 Å². The number of nitrogens with one attached hydrogen (secondary N) is 1. The molecule has 0 heterocycles. The SMILES string of the molecule is CCCOCCC1(CNC(C)C)CC2CCC1C2. The summed E-state index contributed by atoms with van der Waals surface area (Å²) >= 11 is 0. The van der Waals surface area contributed by atoms with Crippen molar-refractivity contribution in [2.75, 3.05) is 19.8 Å². The van der Waals surface area contributed by atoms with Crippen molar-refractivity contribution in [1.82, 2.24) is 5.32 Å². The molecule has 2 rings (SSSR count). The average Bonchev–Trinajstić information content (AvgIpc) is 2.93. The van der Waals surface area contributed by atoms with Gasteiger partial charge in [0.25, 0.3) is 0 Å². The quantitative estimate of drug-likeness (QED) is 0.667. The van der Waals surface area contributed by atoms with Gasteiger partial charge in [-0.1, -0.05) is 27.2 Å². The summed E-state index contributed by atoms with van der Waals surface area (Å²) in [5.41, 5.74) is 0.556. The van der Waals surface area contributed by atoms with Crippen molar-refractivity contribution in [3.05, 3.63) is 0 Å². The Hall–Kier alpha value is -0.0800. The lowest BCUT2D eigenvalue weighted by Crippen LogP contribution is -2.42. The highest BCUT2D eigenvalue weighted by Crippen LogP contribution is 2.57. The molecule has 0 aromatic rings. The zero-order valence-electron chi connectivity index (χ0n) is 12.5. The summed E-state index contributed by atoms with van der Waals surface area (Å²) in [5.74, 6) is 1.99. The standard InChI is InChI=1S/C16H31NO/c1-4-8-18-9-7-16(12-17-13(2)3)11-14-5-6-15(16)10-14/h13-15,17H,4-12H2,1-3H3. The highest BCUT2D eigenvalue weighted by Gasteiger charge is 2.50. The first-order valence-electron chi connectivity index (χ1n) is 7.97. The molecule has 2 bridgehead atoms. The van der Waals surface area contributed by atoms with Crippen LogP contribution in [0.5, 0.6) is 0 Å². The van der Waals surface area contributed by atoms with Crippen LogP contribution in [0.1, 0.15) is 59.3 Å². The smallest absolute Gasteiger partial charge is 0.0471 e. The van der Waals surface area contributed by atoms with Crippen LogP contribution < -0.4 is 5.32 Å². The van der Waals surface area contributed by atoms with E-state index in [1.54, 1.807) is 0 Å². The Morgan fingerprint density at radius 2 is 2.11 bits per heavy atom. The third kappa shape index (κ3) is 3.27. The molecule has 0 amide bonds. The number of rotatable bonds is 8. The minimum atomic E-state index is 0.556. The number of ether oxygens (including phenoxy) is 1. The van der Waals surface area contributed by atoms with Crippen LogP contribution in [0.15, 0.2) is 0 Å². The van der Waals surface area contributed by atoms with Crippen LogP contribution >= 0.6 is 0 Å². The topological polar surface area (TPSA) is 21.3 Å². The molecule has 106 valence electrons. The molecule has 0 aromatic heterocycles. The lowest BCUT2D eigenvalue weighted by Gasteiger charge is -2.39. The highest BCUT2D eigenvalue weighted by atomic mass is 16.5. The van der Waals surface area contributed by atoms with Crippen LogP contribution in [-0.4, -0.2) is 25.8 Å². The fourth-order valence-electron chi connectivity index (χ4n) is 4.10.